The van der Waals surface area contributed by atoms with Gasteiger partial charge in [0, 0.05) is 0 Å². The summed E-state index contributed by atoms with van der Waals surface area (Å²) in [5.74, 6) is 0. The molecule has 0 fully saturated rings. The normalized spacial score (nSPS) is 11.7. The molecule has 0 saturated carbocycles. The van der Waals surface area contributed by atoms with Gasteiger partial charge in [-0.1, -0.05) is 19.3 Å². The molecule has 2 N–H and O–H groups in total. The Morgan fingerprint density at radius 3 is 2.50 bits per heavy atom. The molecule has 0 rings (SSSR count). The van der Waals surface area contributed by atoms with Gasteiger partial charge in [0.25, 0.3) is 10.2 Å². The summed E-state index contributed by atoms with van der Waals surface area (Å²) in [5.41, 5.74) is 0. The molecular weight excluding hydrogens is 184 g/mol. The average Bonchev–Trinajstić information content (AvgIpc) is 2.21. The monoisotopic (exact) mass is 204 g/mol. The van der Waals surface area contributed by atoms with E-state index in [4.69, 9.17) is 10.4 Å². The molecule has 0 unspecified atom stereocenters. The maximum absolute atomic E-state index is 8.89. The van der Waals surface area contributed by atoms with Gasteiger partial charge in [0.1, 0.15) is 0 Å². The first kappa shape index (κ1) is 13.0. The first-order valence-electron chi connectivity index (χ1n) is 4.83. The molecule has 0 aromatic heterocycles. The van der Waals surface area contributed by atoms with Crippen molar-refractivity contribution in [2.45, 2.75) is 25.7 Å². The van der Waals surface area contributed by atoms with Crippen molar-refractivity contribution in [3.05, 3.63) is 5.32 Å². The molecule has 0 aliphatic heterocycles. The second kappa shape index (κ2) is 8.55. The number of unbranched alkanes of at least 4 members (excludes halogenated alkanes) is 3. The highest BCUT2D eigenvalue weighted by atomic mass is 16.6. The van der Waals surface area contributed by atoms with Gasteiger partial charge in [-0.3, -0.25) is 0 Å². The van der Waals surface area contributed by atoms with Crippen LogP contribution in [-0.4, -0.2) is 47.6 Å². The number of hydrogen-bond acceptors (Lipinski definition) is 1. The van der Waals surface area contributed by atoms with Crippen LogP contribution in [0.4, 0.5) is 0 Å². The largest absolute Gasteiger partial charge is 0.665 e. The van der Waals surface area contributed by atoms with E-state index in [0.717, 1.165) is 32.2 Å². The second-order valence-electron chi connectivity index (χ2n) is 3.19. The van der Waals surface area contributed by atoms with Gasteiger partial charge in [0.15, 0.2) is 0 Å². The summed E-state index contributed by atoms with van der Waals surface area (Å²) in [6, 6.07) is 0. The van der Waals surface area contributed by atoms with Crippen LogP contribution in [0.2, 0.25) is 0 Å². The Kier molecular flexibility index (Phi) is 7.92. The molecule has 0 saturated heterocycles. The average molecular weight is 204 g/mol. The van der Waals surface area contributed by atoms with Crippen molar-refractivity contribution in [2.24, 2.45) is 5.28 Å². The fourth-order valence-electron chi connectivity index (χ4n) is 1.12. The van der Waals surface area contributed by atoms with Gasteiger partial charge < -0.3 is 10.5 Å². The lowest BCUT2D eigenvalue weighted by atomic mass is 10.2. The highest BCUT2D eigenvalue weighted by Crippen LogP contribution is 2.02. The van der Waals surface area contributed by atoms with Crippen LogP contribution in [-0.2, 0) is 0 Å². The van der Waals surface area contributed by atoms with Crippen LogP contribution in [0.15, 0.2) is 5.28 Å². The first-order chi connectivity index (χ1) is 6.72. The minimum atomic E-state index is 0.432. The molecule has 0 atom stereocenters. The number of nitrogens with zero attached hydrogens (tertiary/aromatic N) is 4. The molecule has 0 bridgehead atoms. The molecule has 0 radical (unpaired) electrons. The Bertz CT molecular complexity index is 163. The molecule has 0 aromatic rings. The zero-order valence-electron chi connectivity index (χ0n) is 8.93. The maximum Gasteiger partial charge on any atom is 0.271 e. The molecule has 0 aliphatic rings. The van der Waals surface area contributed by atoms with E-state index < -0.39 is 0 Å². The molecule has 6 heteroatoms. The van der Waals surface area contributed by atoms with E-state index in [2.05, 4.69) is 10.6 Å². The van der Waals surface area contributed by atoms with Crippen molar-refractivity contribution < 1.29 is 15.4 Å². The van der Waals surface area contributed by atoms with Gasteiger partial charge in [0.2, 0.25) is 0 Å². The number of rotatable bonds is 8. The molecule has 0 aromatic carbocycles. The SMILES string of the molecule is C[N-]CCCCCCN(C)/[N+](O)=N\O. The molecule has 0 heterocycles. The van der Waals surface area contributed by atoms with Gasteiger partial charge in [0.05, 0.1) is 13.6 Å². The molecule has 14 heavy (non-hydrogen) atoms. The van der Waals surface area contributed by atoms with E-state index in [-0.39, 0.29) is 0 Å². The highest BCUT2D eigenvalue weighted by molar-refractivity contribution is 4.68. The van der Waals surface area contributed by atoms with E-state index in [0.29, 0.717) is 11.5 Å². The van der Waals surface area contributed by atoms with Crippen LogP contribution in [0.25, 0.3) is 5.32 Å². The van der Waals surface area contributed by atoms with Crippen LogP contribution < -0.4 is 0 Å². The smallest absolute Gasteiger partial charge is 0.271 e. The summed E-state index contributed by atoms with van der Waals surface area (Å²) in [5, 5.41) is 25.2. The van der Waals surface area contributed by atoms with Crippen molar-refractivity contribution in [2.75, 3.05) is 27.2 Å². The quantitative estimate of drug-likeness (QED) is 0.273. The second-order valence-corrected chi connectivity index (χ2v) is 3.19. The van der Waals surface area contributed by atoms with Crippen LogP contribution in [0.3, 0.4) is 0 Å². The summed E-state index contributed by atoms with van der Waals surface area (Å²) in [4.78, 5) is 0.432. The lowest BCUT2D eigenvalue weighted by Crippen LogP contribution is -2.28. The third-order valence-electron chi connectivity index (χ3n) is 2.00. The van der Waals surface area contributed by atoms with Gasteiger partial charge in [-0.05, 0) is 6.42 Å². The first-order valence-corrected chi connectivity index (χ1v) is 4.83. The molecule has 0 aliphatic carbocycles. The Labute approximate surface area is 84.7 Å². The fraction of sp³-hybridized carbons (Fsp3) is 1.00. The summed E-state index contributed by atoms with van der Waals surface area (Å²) in [7, 11) is 3.47. The van der Waals surface area contributed by atoms with E-state index >= 15 is 0 Å². The Hall–Kier alpha value is -1.04. The lowest BCUT2D eigenvalue weighted by Gasteiger charge is -2.10. The van der Waals surface area contributed by atoms with E-state index in [1.54, 1.807) is 7.05 Å². The van der Waals surface area contributed by atoms with Crippen LogP contribution >= 0.6 is 0 Å². The zero-order chi connectivity index (χ0) is 10.8. The van der Waals surface area contributed by atoms with Gasteiger partial charge in [-0.2, -0.15) is 7.05 Å². The van der Waals surface area contributed by atoms with Crippen molar-refractivity contribution >= 4 is 0 Å². The summed E-state index contributed by atoms with van der Waals surface area (Å²) in [6.45, 7) is 1.60. The standard InChI is InChI=1S/C8H19N4O2/c1-9-7-5-3-4-6-8-11(2)12(14)10-13/h14H,3-8H2,1-2H3/q-1/p+1. The molecule has 0 amide bonds. The summed E-state index contributed by atoms with van der Waals surface area (Å²) < 4.78 is 0. The van der Waals surface area contributed by atoms with Gasteiger partial charge >= 0.3 is 0 Å². The van der Waals surface area contributed by atoms with Crippen LogP contribution in [0.1, 0.15) is 25.7 Å². The Balaban J connectivity index is 3.27. The van der Waals surface area contributed by atoms with Crippen molar-refractivity contribution in [3.8, 4) is 0 Å². The van der Waals surface area contributed by atoms with E-state index in [1.807, 2.05) is 7.05 Å². The van der Waals surface area contributed by atoms with E-state index in [1.165, 1.54) is 5.01 Å². The lowest BCUT2D eigenvalue weighted by molar-refractivity contribution is -0.938. The van der Waals surface area contributed by atoms with Crippen molar-refractivity contribution in [1.29, 1.82) is 0 Å². The maximum atomic E-state index is 8.89. The molecular formula is C8H20N4O2. The highest BCUT2D eigenvalue weighted by Gasteiger charge is 2.10. The summed E-state index contributed by atoms with van der Waals surface area (Å²) >= 11 is 0. The van der Waals surface area contributed by atoms with Crippen LogP contribution in [0, 0.1) is 0 Å². The zero-order valence-corrected chi connectivity index (χ0v) is 8.93. The van der Waals surface area contributed by atoms with Gasteiger partial charge in [-0.25, -0.2) is 5.21 Å². The molecule has 84 valence electrons. The Morgan fingerprint density at radius 2 is 1.93 bits per heavy atom. The number of hydrazine groups is 1. The van der Waals surface area contributed by atoms with Gasteiger partial charge in [-0.15, -0.1) is 11.6 Å². The Morgan fingerprint density at radius 1 is 1.29 bits per heavy atom. The third kappa shape index (κ3) is 6.47. The summed E-state index contributed by atoms with van der Waals surface area (Å²) in [6.07, 6.45) is 4.33. The van der Waals surface area contributed by atoms with Crippen molar-refractivity contribution in [1.82, 2.24) is 5.01 Å². The topological polar surface area (TPSA) is 73.2 Å². The van der Waals surface area contributed by atoms with Crippen LogP contribution in [0.5, 0.6) is 0 Å². The third-order valence-corrected chi connectivity index (χ3v) is 2.00. The minimum absolute atomic E-state index is 0.432. The number of hydrogen-bond donors (Lipinski definition) is 2. The predicted molar refractivity (Wildman–Crippen MR) is 51.5 cm³/mol. The minimum Gasteiger partial charge on any atom is -0.665 e. The van der Waals surface area contributed by atoms with Crippen molar-refractivity contribution in [3.63, 3.8) is 0 Å². The molecule has 0 spiro atoms. The van der Waals surface area contributed by atoms with E-state index in [9.17, 15) is 0 Å². The predicted octanol–water partition coefficient (Wildman–Crippen LogP) is 1.64. The fourth-order valence-corrected chi connectivity index (χ4v) is 1.12. The molecule has 6 nitrogen and oxygen atoms in total.